The molecular weight excluding hydrogens is 372 g/mol. The van der Waals surface area contributed by atoms with Gasteiger partial charge in [0.05, 0.1) is 22.8 Å². The predicted molar refractivity (Wildman–Crippen MR) is 123 cm³/mol. The number of ether oxygens (including phenoxy) is 1. The van der Waals surface area contributed by atoms with Gasteiger partial charge in [0.15, 0.2) is 5.75 Å². The molecule has 0 N–H and O–H groups in total. The van der Waals surface area contributed by atoms with Crippen molar-refractivity contribution in [2.75, 3.05) is 29.9 Å². The van der Waals surface area contributed by atoms with Gasteiger partial charge in [0.1, 0.15) is 5.69 Å². The molecule has 1 unspecified atom stereocenters. The Morgan fingerprint density at radius 2 is 1.80 bits per heavy atom. The summed E-state index contributed by atoms with van der Waals surface area (Å²) in [5.74, 6) is 0.830. The Bertz CT molecular complexity index is 1190. The van der Waals surface area contributed by atoms with E-state index in [1.54, 1.807) is 0 Å². The van der Waals surface area contributed by atoms with E-state index >= 15 is 0 Å². The zero-order chi connectivity index (χ0) is 20.5. The molecule has 5 heteroatoms. The van der Waals surface area contributed by atoms with Gasteiger partial charge in [-0.2, -0.15) is 0 Å². The van der Waals surface area contributed by atoms with Crippen molar-refractivity contribution in [3.63, 3.8) is 0 Å². The lowest BCUT2D eigenvalue weighted by atomic mass is 9.77. The van der Waals surface area contributed by atoms with Crippen LogP contribution in [0.25, 0.3) is 10.9 Å². The molecule has 0 radical (unpaired) electrons. The van der Waals surface area contributed by atoms with E-state index < -0.39 is 5.72 Å². The summed E-state index contributed by atoms with van der Waals surface area (Å²) in [5.41, 5.74) is 4.58. The van der Waals surface area contributed by atoms with Gasteiger partial charge in [0, 0.05) is 37.4 Å². The van der Waals surface area contributed by atoms with E-state index in [1.807, 2.05) is 18.5 Å². The summed E-state index contributed by atoms with van der Waals surface area (Å²) in [6, 6.07) is 14.8. The van der Waals surface area contributed by atoms with Gasteiger partial charge in [-0.05, 0) is 56.5 Å². The van der Waals surface area contributed by atoms with Crippen molar-refractivity contribution >= 4 is 34.2 Å². The van der Waals surface area contributed by atoms with E-state index in [0.29, 0.717) is 0 Å². The molecule has 3 aromatic rings. The van der Waals surface area contributed by atoms with E-state index in [-0.39, 0.29) is 5.41 Å². The Hall–Kier alpha value is -3.08. The molecule has 4 heterocycles. The quantitative estimate of drug-likeness (QED) is 0.575. The SMILES string of the molecule is CN1c2ccccc2C(C)(C)C12C=Nc1cc(N3CCCC3)c3ncccc3c1O2. The summed E-state index contributed by atoms with van der Waals surface area (Å²) in [6.45, 7) is 6.63. The maximum atomic E-state index is 6.94. The minimum atomic E-state index is -0.679. The van der Waals surface area contributed by atoms with Crippen LogP contribution in [0.15, 0.2) is 53.7 Å². The molecule has 0 amide bonds. The van der Waals surface area contributed by atoms with Gasteiger partial charge in [0.25, 0.3) is 0 Å². The normalized spacial score (nSPS) is 23.7. The van der Waals surface area contributed by atoms with Crippen LogP contribution >= 0.6 is 0 Å². The summed E-state index contributed by atoms with van der Waals surface area (Å²) in [7, 11) is 2.10. The number of hydrogen-bond acceptors (Lipinski definition) is 5. The first-order valence-electron chi connectivity index (χ1n) is 10.8. The molecule has 152 valence electrons. The molecule has 1 saturated heterocycles. The Labute approximate surface area is 177 Å². The number of benzene rings is 2. The maximum absolute atomic E-state index is 6.94. The van der Waals surface area contributed by atoms with Gasteiger partial charge < -0.3 is 14.5 Å². The lowest BCUT2D eigenvalue weighted by Gasteiger charge is -2.45. The van der Waals surface area contributed by atoms with E-state index in [2.05, 4.69) is 67.1 Å². The first-order valence-corrected chi connectivity index (χ1v) is 10.8. The van der Waals surface area contributed by atoms with Gasteiger partial charge in [-0.3, -0.25) is 9.98 Å². The number of rotatable bonds is 1. The highest BCUT2D eigenvalue weighted by Gasteiger charge is 2.58. The van der Waals surface area contributed by atoms with Gasteiger partial charge >= 0.3 is 0 Å². The molecule has 6 rings (SSSR count). The summed E-state index contributed by atoms with van der Waals surface area (Å²) < 4.78 is 6.94. The molecule has 1 atom stereocenters. The van der Waals surface area contributed by atoms with Crippen LogP contribution in [0.2, 0.25) is 0 Å². The van der Waals surface area contributed by atoms with Crippen LogP contribution < -0.4 is 14.5 Å². The van der Waals surface area contributed by atoms with Crippen LogP contribution in [0.4, 0.5) is 17.1 Å². The molecule has 0 aliphatic carbocycles. The standard InChI is InChI=1S/C25H26N4O/c1-24(2)18-10-4-5-11-20(18)28(3)25(24)16-27-19-15-21(29-13-6-7-14-29)22-17(23(19)30-25)9-8-12-26-22/h4-5,8-12,15-16H,6-7,13-14H2,1-3H3. The molecule has 3 aliphatic heterocycles. The number of likely N-dealkylation sites (N-methyl/N-ethyl adjacent to an activating group) is 1. The monoisotopic (exact) mass is 398 g/mol. The van der Waals surface area contributed by atoms with Crippen LogP contribution in [-0.4, -0.2) is 37.1 Å². The average Bonchev–Trinajstić information content (AvgIpc) is 3.36. The van der Waals surface area contributed by atoms with Crippen LogP contribution in [0.1, 0.15) is 32.3 Å². The van der Waals surface area contributed by atoms with Crippen LogP contribution in [0.3, 0.4) is 0 Å². The van der Waals surface area contributed by atoms with Gasteiger partial charge in [-0.15, -0.1) is 0 Å². The fraction of sp³-hybridized carbons (Fsp3) is 0.360. The summed E-state index contributed by atoms with van der Waals surface area (Å²) in [5, 5.41) is 1.04. The number of fused-ring (bicyclic) bond motifs is 4. The largest absolute Gasteiger partial charge is 0.459 e. The van der Waals surface area contributed by atoms with Crippen molar-refractivity contribution in [1.29, 1.82) is 0 Å². The van der Waals surface area contributed by atoms with E-state index in [0.717, 1.165) is 35.4 Å². The van der Waals surface area contributed by atoms with Crippen LogP contribution in [0, 0.1) is 0 Å². The third kappa shape index (κ3) is 2.12. The number of aliphatic imine (C=N–C) groups is 1. The fourth-order valence-corrected chi connectivity index (χ4v) is 5.47. The number of anilines is 2. The average molecular weight is 399 g/mol. The Morgan fingerprint density at radius 3 is 2.60 bits per heavy atom. The van der Waals surface area contributed by atoms with Gasteiger partial charge in [-0.25, -0.2) is 0 Å². The molecule has 0 saturated carbocycles. The molecule has 1 spiro atoms. The molecule has 2 aromatic carbocycles. The van der Waals surface area contributed by atoms with Crippen LogP contribution in [-0.2, 0) is 5.41 Å². The molecule has 1 aromatic heterocycles. The Morgan fingerprint density at radius 1 is 1.00 bits per heavy atom. The highest BCUT2D eigenvalue weighted by atomic mass is 16.5. The fourth-order valence-electron chi connectivity index (χ4n) is 5.47. The second-order valence-corrected chi connectivity index (χ2v) is 9.10. The number of hydrogen-bond donors (Lipinski definition) is 0. The number of pyridine rings is 1. The molecule has 5 nitrogen and oxygen atoms in total. The highest BCUT2D eigenvalue weighted by molar-refractivity contribution is 6.02. The van der Waals surface area contributed by atoms with E-state index in [9.17, 15) is 0 Å². The second kappa shape index (κ2) is 5.97. The Balaban J connectivity index is 1.55. The topological polar surface area (TPSA) is 41.0 Å². The molecule has 1 fully saturated rings. The minimum Gasteiger partial charge on any atom is -0.459 e. The predicted octanol–water partition coefficient (Wildman–Crippen LogP) is 5.05. The first-order chi connectivity index (χ1) is 14.5. The van der Waals surface area contributed by atoms with Crippen molar-refractivity contribution < 1.29 is 4.74 Å². The molecular formula is C25H26N4O. The summed E-state index contributed by atoms with van der Waals surface area (Å²) in [6.07, 6.45) is 6.33. The number of nitrogens with zero attached hydrogens (tertiary/aromatic N) is 4. The first kappa shape index (κ1) is 17.8. The molecule has 30 heavy (non-hydrogen) atoms. The van der Waals surface area contributed by atoms with Crippen molar-refractivity contribution in [3.8, 4) is 5.75 Å². The summed E-state index contributed by atoms with van der Waals surface area (Å²) >= 11 is 0. The number of aromatic nitrogens is 1. The van der Waals surface area contributed by atoms with Crippen molar-refractivity contribution in [2.24, 2.45) is 4.99 Å². The zero-order valence-electron chi connectivity index (χ0n) is 17.7. The van der Waals surface area contributed by atoms with Gasteiger partial charge in [0.2, 0.25) is 5.72 Å². The van der Waals surface area contributed by atoms with Crippen molar-refractivity contribution in [3.05, 3.63) is 54.2 Å². The summed E-state index contributed by atoms with van der Waals surface area (Å²) in [4.78, 5) is 14.4. The van der Waals surface area contributed by atoms with Gasteiger partial charge in [-0.1, -0.05) is 18.2 Å². The zero-order valence-corrected chi connectivity index (χ0v) is 17.7. The lowest BCUT2D eigenvalue weighted by molar-refractivity contribution is 0.0842. The maximum Gasteiger partial charge on any atom is 0.228 e. The van der Waals surface area contributed by atoms with Crippen LogP contribution in [0.5, 0.6) is 5.75 Å². The van der Waals surface area contributed by atoms with Crippen molar-refractivity contribution in [2.45, 2.75) is 37.8 Å². The lowest BCUT2D eigenvalue weighted by Crippen LogP contribution is -2.61. The number of para-hydroxylation sites is 1. The van der Waals surface area contributed by atoms with E-state index in [1.165, 1.54) is 29.8 Å². The smallest absolute Gasteiger partial charge is 0.228 e. The minimum absolute atomic E-state index is 0.262. The Kier molecular flexibility index (Phi) is 3.53. The molecule has 0 bridgehead atoms. The highest BCUT2D eigenvalue weighted by Crippen LogP contribution is 2.55. The molecule has 3 aliphatic rings. The third-order valence-corrected chi connectivity index (χ3v) is 7.22. The third-order valence-electron chi connectivity index (χ3n) is 7.22. The van der Waals surface area contributed by atoms with E-state index in [4.69, 9.17) is 14.7 Å². The second-order valence-electron chi connectivity index (χ2n) is 9.10. The van der Waals surface area contributed by atoms with Crippen molar-refractivity contribution in [1.82, 2.24) is 4.98 Å².